The second-order valence-corrected chi connectivity index (χ2v) is 5.65. The fraction of sp³-hybridized carbons (Fsp3) is 0.158. The first-order valence-electron chi connectivity index (χ1n) is 7.82. The van der Waals surface area contributed by atoms with Crippen LogP contribution in [-0.2, 0) is 19.3 Å². The van der Waals surface area contributed by atoms with Gasteiger partial charge in [0.05, 0.1) is 23.9 Å². The van der Waals surface area contributed by atoms with E-state index < -0.39 is 23.2 Å². The van der Waals surface area contributed by atoms with E-state index in [9.17, 15) is 18.0 Å². The Labute approximate surface area is 147 Å². The maximum Gasteiger partial charge on any atom is 0.417 e. The molecule has 3 aromatic rings. The van der Waals surface area contributed by atoms with Crippen molar-refractivity contribution in [3.05, 3.63) is 89.6 Å². The van der Waals surface area contributed by atoms with Crippen LogP contribution in [0.4, 0.5) is 13.2 Å². The van der Waals surface area contributed by atoms with E-state index in [1.54, 1.807) is 36.7 Å². The zero-order valence-electron chi connectivity index (χ0n) is 13.6. The Bertz CT molecular complexity index is 862. The van der Waals surface area contributed by atoms with Crippen LogP contribution in [0.3, 0.4) is 0 Å². The van der Waals surface area contributed by atoms with Crippen LogP contribution in [0.2, 0.25) is 0 Å². The molecule has 2 heterocycles. The molecule has 7 heteroatoms. The molecule has 0 atom stereocenters. The second kappa shape index (κ2) is 7.43. The highest BCUT2D eigenvalue weighted by atomic mass is 19.4. The zero-order chi connectivity index (χ0) is 18.6. The molecule has 0 fully saturated rings. The van der Waals surface area contributed by atoms with E-state index >= 15 is 0 Å². The summed E-state index contributed by atoms with van der Waals surface area (Å²) in [6.45, 7) is 0.159. The normalized spacial score (nSPS) is 11.3. The quantitative estimate of drug-likeness (QED) is 0.671. The van der Waals surface area contributed by atoms with Gasteiger partial charge in [-0.1, -0.05) is 18.2 Å². The Kier molecular flexibility index (Phi) is 5.06. The number of furan rings is 1. The molecule has 0 saturated carbocycles. The molecule has 0 aliphatic rings. The molecule has 1 amide bonds. The molecule has 3 rings (SSSR count). The SMILES string of the molecule is O=C(c1ccccc1C(F)(F)F)N(Cc1cccnc1)Cc1ccco1. The van der Waals surface area contributed by atoms with Crippen molar-refractivity contribution in [3.63, 3.8) is 0 Å². The molecular formula is C19H15F3N2O2. The number of hydrogen-bond donors (Lipinski definition) is 0. The summed E-state index contributed by atoms with van der Waals surface area (Å²) in [7, 11) is 0. The molecule has 0 aliphatic carbocycles. The van der Waals surface area contributed by atoms with E-state index in [1.165, 1.54) is 29.4 Å². The van der Waals surface area contributed by atoms with Crippen molar-refractivity contribution in [1.29, 1.82) is 0 Å². The highest BCUT2D eigenvalue weighted by Crippen LogP contribution is 2.32. The third kappa shape index (κ3) is 4.11. The standard InChI is InChI=1S/C19H15F3N2O2/c20-19(21,22)17-8-2-1-7-16(17)18(25)24(13-15-6-4-10-26-15)12-14-5-3-9-23-11-14/h1-11H,12-13H2. The number of carbonyl (C=O) groups excluding carboxylic acids is 1. The smallest absolute Gasteiger partial charge is 0.417 e. The topological polar surface area (TPSA) is 46.3 Å². The van der Waals surface area contributed by atoms with E-state index in [0.29, 0.717) is 11.3 Å². The van der Waals surface area contributed by atoms with E-state index in [-0.39, 0.29) is 13.1 Å². The van der Waals surface area contributed by atoms with Crippen LogP contribution in [0.25, 0.3) is 0 Å². The number of alkyl halides is 3. The van der Waals surface area contributed by atoms with Crippen LogP contribution in [0.5, 0.6) is 0 Å². The lowest BCUT2D eigenvalue weighted by Gasteiger charge is -2.23. The van der Waals surface area contributed by atoms with Crippen LogP contribution in [-0.4, -0.2) is 15.8 Å². The number of pyridine rings is 1. The third-order valence-electron chi connectivity index (χ3n) is 3.77. The average molecular weight is 360 g/mol. The number of benzene rings is 1. The monoisotopic (exact) mass is 360 g/mol. The molecule has 1 aromatic carbocycles. The van der Waals surface area contributed by atoms with E-state index in [2.05, 4.69) is 4.98 Å². The Morgan fingerprint density at radius 1 is 1.04 bits per heavy atom. The highest BCUT2D eigenvalue weighted by Gasteiger charge is 2.36. The van der Waals surface area contributed by atoms with Gasteiger partial charge in [0.25, 0.3) is 5.91 Å². The summed E-state index contributed by atoms with van der Waals surface area (Å²) in [5, 5.41) is 0. The van der Waals surface area contributed by atoms with Crippen molar-refractivity contribution < 1.29 is 22.4 Å². The van der Waals surface area contributed by atoms with Gasteiger partial charge >= 0.3 is 6.18 Å². The molecule has 0 spiro atoms. The van der Waals surface area contributed by atoms with Gasteiger partial charge < -0.3 is 9.32 Å². The molecule has 0 bridgehead atoms. The van der Waals surface area contributed by atoms with Gasteiger partial charge in [-0.2, -0.15) is 13.2 Å². The fourth-order valence-corrected chi connectivity index (χ4v) is 2.59. The molecule has 4 nitrogen and oxygen atoms in total. The van der Waals surface area contributed by atoms with Crippen LogP contribution in [0.15, 0.2) is 71.6 Å². The Morgan fingerprint density at radius 2 is 1.85 bits per heavy atom. The molecule has 0 unspecified atom stereocenters. The number of nitrogens with zero attached hydrogens (tertiary/aromatic N) is 2. The van der Waals surface area contributed by atoms with Gasteiger partial charge in [0.15, 0.2) is 0 Å². The van der Waals surface area contributed by atoms with Gasteiger partial charge in [0.2, 0.25) is 0 Å². The summed E-state index contributed by atoms with van der Waals surface area (Å²) >= 11 is 0. The first-order chi connectivity index (χ1) is 12.4. The molecule has 0 aliphatic heterocycles. The van der Waals surface area contributed by atoms with Gasteiger partial charge in [-0.3, -0.25) is 9.78 Å². The summed E-state index contributed by atoms with van der Waals surface area (Å²) in [5.74, 6) is -0.245. The summed E-state index contributed by atoms with van der Waals surface area (Å²) in [4.78, 5) is 18.2. The van der Waals surface area contributed by atoms with Gasteiger partial charge in [-0.05, 0) is 35.9 Å². The molecule has 26 heavy (non-hydrogen) atoms. The fourth-order valence-electron chi connectivity index (χ4n) is 2.59. The predicted molar refractivity (Wildman–Crippen MR) is 88.0 cm³/mol. The Balaban J connectivity index is 1.95. The first kappa shape index (κ1) is 17.7. The van der Waals surface area contributed by atoms with Crippen molar-refractivity contribution in [3.8, 4) is 0 Å². The lowest BCUT2D eigenvalue weighted by Crippen LogP contribution is -2.31. The summed E-state index contributed by atoms with van der Waals surface area (Å²) in [5.41, 5.74) is -0.645. The van der Waals surface area contributed by atoms with Gasteiger partial charge in [0, 0.05) is 18.9 Å². The Morgan fingerprint density at radius 3 is 2.50 bits per heavy atom. The van der Waals surface area contributed by atoms with E-state index in [0.717, 1.165) is 6.07 Å². The van der Waals surface area contributed by atoms with Crippen molar-refractivity contribution in [1.82, 2.24) is 9.88 Å². The molecule has 0 N–H and O–H groups in total. The van der Waals surface area contributed by atoms with Gasteiger partial charge in [0.1, 0.15) is 5.76 Å². The number of hydrogen-bond acceptors (Lipinski definition) is 3. The van der Waals surface area contributed by atoms with Crippen LogP contribution < -0.4 is 0 Å². The molecular weight excluding hydrogens is 345 g/mol. The first-order valence-corrected chi connectivity index (χ1v) is 7.82. The summed E-state index contributed by atoms with van der Waals surface area (Å²) < 4.78 is 45.1. The number of amides is 1. The van der Waals surface area contributed by atoms with Crippen LogP contribution >= 0.6 is 0 Å². The van der Waals surface area contributed by atoms with E-state index in [4.69, 9.17) is 4.42 Å². The minimum absolute atomic E-state index is 0.0485. The number of rotatable bonds is 5. The van der Waals surface area contributed by atoms with Crippen LogP contribution in [0, 0.1) is 0 Å². The maximum absolute atomic E-state index is 13.3. The molecule has 2 aromatic heterocycles. The highest BCUT2D eigenvalue weighted by molar-refractivity contribution is 5.95. The van der Waals surface area contributed by atoms with Crippen molar-refractivity contribution in [2.24, 2.45) is 0 Å². The van der Waals surface area contributed by atoms with E-state index in [1.807, 2.05) is 0 Å². The zero-order valence-corrected chi connectivity index (χ0v) is 13.6. The minimum atomic E-state index is -4.61. The molecule has 0 saturated heterocycles. The second-order valence-electron chi connectivity index (χ2n) is 5.65. The summed E-state index contributed by atoms with van der Waals surface area (Å²) in [6.07, 6.45) is -0.0121. The number of carbonyl (C=O) groups is 1. The van der Waals surface area contributed by atoms with Crippen LogP contribution in [0.1, 0.15) is 27.2 Å². The largest absolute Gasteiger partial charge is 0.467 e. The molecule has 0 radical (unpaired) electrons. The lowest BCUT2D eigenvalue weighted by atomic mass is 10.1. The van der Waals surface area contributed by atoms with Gasteiger partial charge in [-0.15, -0.1) is 0 Å². The average Bonchev–Trinajstić information content (AvgIpc) is 3.14. The number of aromatic nitrogens is 1. The molecule has 134 valence electrons. The van der Waals surface area contributed by atoms with Crippen molar-refractivity contribution in [2.75, 3.05) is 0 Å². The summed E-state index contributed by atoms with van der Waals surface area (Å²) in [6, 6.07) is 11.5. The van der Waals surface area contributed by atoms with Gasteiger partial charge in [-0.25, -0.2) is 0 Å². The van der Waals surface area contributed by atoms with Crippen molar-refractivity contribution >= 4 is 5.91 Å². The van der Waals surface area contributed by atoms with Crippen molar-refractivity contribution in [2.45, 2.75) is 19.3 Å². The lowest BCUT2D eigenvalue weighted by molar-refractivity contribution is -0.138. The predicted octanol–water partition coefficient (Wildman–Crippen LogP) is 4.54. The maximum atomic E-state index is 13.3. The third-order valence-corrected chi connectivity index (χ3v) is 3.77. The Hall–Kier alpha value is -3.09. The minimum Gasteiger partial charge on any atom is -0.467 e. The number of halogens is 3.